The van der Waals surface area contributed by atoms with Crippen molar-refractivity contribution >= 4 is 5.69 Å². The van der Waals surface area contributed by atoms with E-state index in [4.69, 9.17) is 10.4 Å². The Morgan fingerprint density at radius 3 is 2.50 bits per heavy atom. The van der Waals surface area contributed by atoms with E-state index in [1.165, 1.54) is 12.1 Å². The minimum absolute atomic E-state index is 0.0126. The fraction of sp³-hybridized carbons (Fsp3) is 0.462. The molecule has 2 N–H and O–H groups in total. The van der Waals surface area contributed by atoms with Gasteiger partial charge in [-0.2, -0.15) is 5.26 Å². The Morgan fingerprint density at radius 1 is 1.33 bits per heavy atom. The molecule has 18 heavy (non-hydrogen) atoms. The third-order valence-electron chi connectivity index (χ3n) is 2.79. The van der Waals surface area contributed by atoms with Crippen LogP contribution in [0.4, 0.5) is 14.5 Å². The second kappa shape index (κ2) is 6.31. The Labute approximate surface area is 105 Å². The lowest BCUT2D eigenvalue weighted by Gasteiger charge is -2.23. The molecular formula is C13H16F2N2O. The molecule has 0 fully saturated rings. The van der Waals surface area contributed by atoms with Gasteiger partial charge < -0.3 is 10.4 Å². The normalized spacial score (nSPS) is 12.3. The van der Waals surface area contributed by atoms with Gasteiger partial charge in [0, 0.05) is 12.6 Å². The average Bonchev–Trinajstić information content (AvgIpc) is 2.34. The summed E-state index contributed by atoms with van der Waals surface area (Å²) in [7, 11) is 0. The van der Waals surface area contributed by atoms with Crippen LogP contribution in [-0.4, -0.2) is 17.8 Å². The van der Waals surface area contributed by atoms with Crippen LogP contribution in [0, 0.1) is 28.9 Å². The third kappa shape index (κ3) is 3.17. The van der Waals surface area contributed by atoms with Crippen molar-refractivity contribution in [1.82, 2.24) is 0 Å². The molecule has 5 heteroatoms. The SMILES string of the molecule is CC(C)C(CCO)Nc1ccc(C#N)c(F)c1F. The number of aliphatic hydroxyl groups is 1. The minimum Gasteiger partial charge on any atom is -0.396 e. The van der Waals surface area contributed by atoms with Gasteiger partial charge in [0.2, 0.25) is 0 Å². The van der Waals surface area contributed by atoms with Crippen molar-refractivity contribution < 1.29 is 13.9 Å². The van der Waals surface area contributed by atoms with Gasteiger partial charge in [-0.3, -0.25) is 0 Å². The molecule has 0 saturated heterocycles. The van der Waals surface area contributed by atoms with Gasteiger partial charge in [0.1, 0.15) is 6.07 Å². The summed E-state index contributed by atoms with van der Waals surface area (Å²) < 4.78 is 27.1. The number of rotatable bonds is 5. The van der Waals surface area contributed by atoms with Crippen LogP contribution < -0.4 is 5.32 Å². The predicted molar refractivity (Wildman–Crippen MR) is 65.0 cm³/mol. The highest BCUT2D eigenvalue weighted by Gasteiger charge is 2.18. The van der Waals surface area contributed by atoms with E-state index in [1.54, 1.807) is 6.07 Å². The fourth-order valence-corrected chi connectivity index (χ4v) is 1.66. The molecule has 0 aliphatic carbocycles. The third-order valence-corrected chi connectivity index (χ3v) is 2.79. The Kier molecular flexibility index (Phi) is 5.05. The molecule has 0 spiro atoms. The quantitative estimate of drug-likeness (QED) is 0.849. The molecule has 0 aromatic heterocycles. The van der Waals surface area contributed by atoms with Crippen LogP contribution in [0.5, 0.6) is 0 Å². The number of hydrogen-bond donors (Lipinski definition) is 2. The Balaban J connectivity index is 2.97. The van der Waals surface area contributed by atoms with Crippen molar-refractivity contribution in [2.24, 2.45) is 5.92 Å². The van der Waals surface area contributed by atoms with Gasteiger partial charge in [-0.1, -0.05) is 13.8 Å². The number of nitriles is 1. The number of nitrogens with one attached hydrogen (secondary N) is 1. The molecule has 1 rings (SSSR count). The molecule has 0 aliphatic rings. The lowest BCUT2D eigenvalue weighted by atomic mass is 10.0. The molecule has 0 radical (unpaired) electrons. The van der Waals surface area contributed by atoms with Crippen molar-refractivity contribution in [3.05, 3.63) is 29.3 Å². The van der Waals surface area contributed by atoms with Crippen LogP contribution in [0.15, 0.2) is 12.1 Å². The average molecular weight is 254 g/mol. The van der Waals surface area contributed by atoms with Crippen LogP contribution in [0.25, 0.3) is 0 Å². The number of benzene rings is 1. The summed E-state index contributed by atoms with van der Waals surface area (Å²) in [6, 6.07) is 4.00. The first-order chi connectivity index (χ1) is 8.51. The number of halogens is 2. The second-order valence-corrected chi connectivity index (χ2v) is 4.41. The lowest BCUT2D eigenvalue weighted by Crippen LogP contribution is -2.27. The molecule has 1 aromatic carbocycles. The zero-order valence-electron chi connectivity index (χ0n) is 10.4. The molecule has 1 atom stereocenters. The van der Waals surface area contributed by atoms with Gasteiger partial charge >= 0.3 is 0 Å². The van der Waals surface area contributed by atoms with E-state index in [2.05, 4.69) is 5.32 Å². The summed E-state index contributed by atoms with van der Waals surface area (Å²) in [6.45, 7) is 3.81. The van der Waals surface area contributed by atoms with Crippen molar-refractivity contribution in [3.63, 3.8) is 0 Å². The van der Waals surface area contributed by atoms with Crippen LogP contribution in [0.3, 0.4) is 0 Å². The van der Waals surface area contributed by atoms with Gasteiger partial charge in [0.15, 0.2) is 11.6 Å². The molecular weight excluding hydrogens is 238 g/mol. The first-order valence-corrected chi connectivity index (χ1v) is 5.76. The van der Waals surface area contributed by atoms with Crippen molar-refractivity contribution in [3.8, 4) is 6.07 Å². The largest absolute Gasteiger partial charge is 0.396 e. The highest BCUT2D eigenvalue weighted by Crippen LogP contribution is 2.23. The van der Waals surface area contributed by atoms with E-state index in [0.717, 1.165) is 0 Å². The summed E-state index contributed by atoms with van der Waals surface area (Å²) in [6.07, 6.45) is 0.443. The second-order valence-electron chi connectivity index (χ2n) is 4.41. The van der Waals surface area contributed by atoms with Crippen molar-refractivity contribution in [2.45, 2.75) is 26.3 Å². The number of hydrogen-bond acceptors (Lipinski definition) is 3. The first kappa shape index (κ1) is 14.4. The maximum Gasteiger partial charge on any atom is 0.183 e. The maximum absolute atomic E-state index is 13.7. The minimum atomic E-state index is -1.14. The molecule has 0 saturated carbocycles. The van der Waals surface area contributed by atoms with Gasteiger partial charge in [-0.25, -0.2) is 8.78 Å². The van der Waals surface area contributed by atoms with Crippen LogP contribution in [0.2, 0.25) is 0 Å². The van der Waals surface area contributed by atoms with Crippen LogP contribution in [-0.2, 0) is 0 Å². The zero-order valence-corrected chi connectivity index (χ0v) is 10.4. The van der Waals surface area contributed by atoms with Gasteiger partial charge in [-0.15, -0.1) is 0 Å². The summed E-state index contributed by atoms with van der Waals surface area (Å²) in [5.41, 5.74) is -0.306. The summed E-state index contributed by atoms with van der Waals surface area (Å²) in [4.78, 5) is 0. The summed E-state index contributed by atoms with van der Waals surface area (Å²) in [5.74, 6) is -2.04. The van der Waals surface area contributed by atoms with Gasteiger partial charge in [0.05, 0.1) is 11.3 Å². The number of anilines is 1. The highest BCUT2D eigenvalue weighted by molar-refractivity contribution is 5.50. The van der Waals surface area contributed by atoms with Gasteiger partial charge in [-0.05, 0) is 24.5 Å². The standard InChI is InChI=1S/C13H16F2N2O/c1-8(2)10(5-6-18)17-11-4-3-9(7-16)12(14)13(11)15/h3-4,8,10,17-18H,5-6H2,1-2H3. The predicted octanol–water partition coefficient (Wildman–Crippen LogP) is 2.66. The summed E-state index contributed by atoms with van der Waals surface area (Å²) >= 11 is 0. The van der Waals surface area contributed by atoms with Crippen molar-refractivity contribution in [1.29, 1.82) is 5.26 Å². The molecule has 98 valence electrons. The Hall–Kier alpha value is -1.67. The van der Waals surface area contributed by atoms with Crippen LogP contribution >= 0.6 is 0 Å². The topological polar surface area (TPSA) is 56.0 Å². The van der Waals surface area contributed by atoms with E-state index < -0.39 is 11.6 Å². The van der Waals surface area contributed by atoms with E-state index >= 15 is 0 Å². The molecule has 1 unspecified atom stereocenters. The maximum atomic E-state index is 13.7. The molecule has 0 amide bonds. The molecule has 0 heterocycles. The van der Waals surface area contributed by atoms with E-state index in [-0.39, 0.29) is 29.8 Å². The number of aliphatic hydroxyl groups excluding tert-OH is 1. The number of nitrogens with zero attached hydrogens (tertiary/aromatic N) is 1. The highest BCUT2D eigenvalue weighted by atomic mass is 19.2. The van der Waals surface area contributed by atoms with Gasteiger partial charge in [0.25, 0.3) is 0 Å². The molecule has 0 aliphatic heterocycles. The Morgan fingerprint density at radius 2 is 2.00 bits per heavy atom. The van der Waals surface area contributed by atoms with E-state index in [1.807, 2.05) is 13.8 Å². The van der Waals surface area contributed by atoms with E-state index in [9.17, 15) is 8.78 Å². The Bertz CT molecular complexity index is 455. The molecule has 0 bridgehead atoms. The first-order valence-electron chi connectivity index (χ1n) is 5.76. The lowest BCUT2D eigenvalue weighted by molar-refractivity contribution is 0.267. The fourth-order valence-electron chi connectivity index (χ4n) is 1.66. The van der Waals surface area contributed by atoms with Crippen LogP contribution in [0.1, 0.15) is 25.8 Å². The van der Waals surface area contributed by atoms with E-state index in [0.29, 0.717) is 6.42 Å². The smallest absolute Gasteiger partial charge is 0.183 e. The monoisotopic (exact) mass is 254 g/mol. The zero-order chi connectivity index (χ0) is 13.7. The summed E-state index contributed by atoms with van der Waals surface area (Å²) in [5, 5.41) is 20.4. The molecule has 1 aromatic rings. The molecule has 3 nitrogen and oxygen atoms in total. The van der Waals surface area contributed by atoms with Crippen molar-refractivity contribution in [2.75, 3.05) is 11.9 Å².